The predicted octanol–water partition coefficient (Wildman–Crippen LogP) is 1.00. The van der Waals surface area contributed by atoms with Crippen LogP contribution in [0.5, 0.6) is 0 Å². The molecule has 2 amide bonds. The zero-order chi connectivity index (χ0) is 9.14. The van der Waals surface area contributed by atoms with Crippen LogP contribution in [0.25, 0.3) is 0 Å². The molecule has 1 saturated heterocycles. The van der Waals surface area contributed by atoms with E-state index in [0.29, 0.717) is 0 Å². The Morgan fingerprint density at radius 3 is 2.92 bits per heavy atom. The summed E-state index contributed by atoms with van der Waals surface area (Å²) in [4.78, 5) is 23.0. The van der Waals surface area contributed by atoms with Gasteiger partial charge in [-0.1, -0.05) is 24.0 Å². The van der Waals surface area contributed by atoms with Crippen molar-refractivity contribution in [2.45, 2.75) is 6.92 Å². The zero-order valence-corrected chi connectivity index (χ0v) is 8.04. The normalized spacial score (nSPS) is 16.9. The molecule has 1 aliphatic rings. The van der Waals surface area contributed by atoms with Crippen molar-refractivity contribution in [2.75, 3.05) is 12.4 Å². The van der Waals surface area contributed by atoms with Crippen LogP contribution >= 0.6 is 24.0 Å². The number of carbonyl (C=O) groups excluding carboxylic acids is 2. The van der Waals surface area contributed by atoms with Gasteiger partial charge in [0.05, 0.1) is 12.4 Å². The fourth-order valence-corrected chi connectivity index (χ4v) is 1.75. The molecule has 0 aliphatic carbocycles. The van der Waals surface area contributed by atoms with Crippen molar-refractivity contribution in [3.8, 4) is 0 Å². The van der Waals surface area contributed by atoms with Gasteiger partial charge in [0.1, 0.15) is 0 Å². The lowest BCUT2D eigenvalue weighted by Crippen LogP contribution is -2.35. The number of hydrogen-bond donors (Lipinski definition) is 0. The summed E-state index contributed by atoms with van der Waals surface area (Å²) in [7, 11) is 0. The maximum Gasteiger partial charge on any atom is 0.422 e. The van der Waals surface area contributed by atoms with E-state index in [9.17, 15) is 9.59 Å². The average molecular weight is 205 g/mol. The van der Waals surface area contributed by atoms with Gasteiger partial charge in [-0.25, -0.2) is 4.79 Å². The van der Waals surface area contributed by atoms with Crippen LogP contribution in [0.15, 0.2) is 0 Å². The second kappa shape index (κ2) is 3.86. The van der Waals surface area contributed by atoms with Gasteiger partial charge in [-0.05, 0) is 6.92 Å². The fourth-order valence-electron chi connectivity index (χ4n) is 0.719. The molecule has 1 heterocycles. The third kappa shape index (κ3) is 1.75. The number of hydrogen-bond acceptors (Lipinski definition) is 5. The summed E-state index contributed by atoms with van der Waals surface area (Å²) in [5, 5.41) is 0. The summed E-state index contributed by atoms with van der Waals surface area (Å²) in [5.74, 6) is -0.0686. The standard InChI is InChI=1S/C6H7NO3S2/c1-2-10-5(9)7-4(8)3-12-6(7)11/h2-3H2,1H3. The molecular formula is C6H7NO3S2. The number of thiocarbonyl (C=S) groups is 1. The first-order valence-electron chi connectivity index (χ1n) is 3.33. The highest BCUT2D eigenvalue weighted by molar-refractivity contribution is 8.24. The first-order chi connectivity index (χ1) is 5.66. The van der Waals surface area contributed by atoms with Gasteiger partial charge in [-0.15, -0.1) is 0 Å². The van der Waals surface area contributed by atoms with Crippen LogP contribution in [0.1, 0.15) is 6.92 Å². The number of amides is 2. The van der Waals surface area contributed by atoms with Gasteiger partial charge < -0.3 is 4.74 Å². The molecule has 66 valence electrons. The monoisotopic (exact) mass is 205 g/mol. The van der Waals surface area contributed by atoms with Crippen LogP contribution in [-0.2, 0) is 9.53 Å². The van der Waals surface area contributed by atoms with Gasteiger partial charge in [0.2, 0.25) is 5.91 Å². The Hall–Kier alpha value is -0.620. The average Bonchev–Trinajstić information content (AvgIpc) is 2.32. The number of ether oxygens (including phenoxy) is 1. The van der Waals surface area contributed by atoms with Crippen LogP contribution in [0, 0.1) is 0 Å². The lowest BCUT2D eigenvalue weighted by molar-refractivity contribution is -0.122. The van der Waals surface area contributed by atoms with Gasteiger partial charge in [-0.3, -0.25) is 4.79 Å². The molecule has 12 heavy (non-hydrogen) atoms. The first kappa shape index (κ1) is 9.47. The van der Waals surface area contributed by atoms with Crippen molar-refractivity contribution in [2.24, 2.45) is 0 Å². The van der Waals surface area contributed by atoms with Gasteiger partial charge in [-0.2, -0.15) is 4.90 Å². The second-order valence-electron chi connectivity index (χ2n) is 1.98. The maximum atomic E-state index is 11.0. The Labute approximate surface area is 79.2 Å². The molecule has 0 unspecified atom stereocenters. The van der Waals surface area contributed by atoms with E-state index in [2.05, 4.69) is 4.74 Å². The zero-order valence-electron chi connectivity index (χ0n) is 6.40. The molecule has 0 aromatic heterocycles. The molecule has 0 spiro atoms. The van der Waals surface area contributed by atoms with Crippen molar-refractivity contribution in [1.29, 1.82) is 0 Å². The molecular weight excluding hydrogens is 198 g/mol. The maximum absolute atomic E-state index is 11.0. The molecule has 0 saturated carbocycles. The highest BCUT2D eigenvalue weighted by atomic mass is 32.2. The van der Waals surface area contributed by atoms with Gasteiger partial charge in [0.15, 0.2) is 4.32 Å². The van der Waals surface area contributed by atoms with E-state index in [1.54, 1.807) is 6.92 Å². The van der Waals surface area contributed by atoms with Crippen LogP contribution in [0.3, 0.4) is 0 Å². The van der Waals surface area contributed by atoms with Crippen molar-refractivity contribution in [1.82, 2.24) is 4.90 Å². The minimum Gasteiger partial charge on any atom is -0.449 e. The lowest BCUT2D eigenvalue weighted by Gasteiger charge is -2.11. The highest BCUT2D eigenvalue weighted by Gasteiger charge is 2.33. The Morgan fingerprint density at radius 2 is 2.50 bits per heavy atom. The van der Waals surface area contributed by atoms with Crippen molar-refractivity contribution in [3.05, 3.63) is 0 Å². The van der Waals surface area contributed by atoms with Gasteiger partial charge >= 0.3 is 6.09 Å². The quantitative estimate of drug-likeness (QED) is 0.598. The topological polar surface area (TPSA) is 46.6 Å². The molecule has 0 bridgehead atoms. The molecule has 0 aromatic rings. The third-order valence-electron chi connectivity index (χ3n) is 1.20. The number of rotatable bonds is 1. The molecule has 0 radical (unpaired) electrons. The predicted molar refractivity (Wildman–Crippen MR) is 48.9 cm³/mol. The lowest BCUT2D eigenvalue weighted by atomic mass is 10.6. The Kier molecular flexibility index (Phi) is 3.05. The molecule has 6 heteroatoms. The van der Waals surface area contributed by atoms with E-state index < -0.39 is 6.09 Å². The molecule has 0 N–H and O–H groups in total. The van der Waals surface area contributed by atoms with E-state index in [-0.39, 0.29) is 22.6 Å². The fraction of sp³-hybridized carbons (Fsp3) is 0.500. The second-order valence-corrected chi connectivity index (χ2v) is 3.59. The Balaban J connectivity index is 2.66. The van der Waals surface area contributed by atoms with E-state index in [1.807, 2.05) is 0 Å². The minimum atomic E-state index is -0.669. The number of carbonyl (C=O) groups is 2. The van der Waals surface area contributed by atoms with E-state index in [4.69, 9.17) is 12.2 Å². The molecule has 0 aromatic carbocycles. The minimum absolute atomic E-state index is 0.234. The smallest absolute Gasteiger partial charge is 0.422 e. The Morgan fingerprint density at radius 1 is 1.83 bits per heavy atom. The summed E-state index contributed by atoms with van der Waals surface area (Å²) in [6.07, 6.45) is -0.669. The van der Waals surface area contributed by atoms with Crippen LogP contribution in [-0.4, -0.2) is 33.6 Å². The summed E-state index contributed by atoms with van der Waals surface area (Å²) < 4.78 is 4.91. The molecule has 1 rings (SSSR count). The highest BCUT2D eigenvalue weighted by Crippen LogP contribution is 2.19. The van der Waals surface area contributed by atoms with Crippen LogP contribution in [0.4, 0.5) is 4.79 Å². The van der Waals surface area contributed by atoms with E-state index in [0.717, 1.165) is 4.90 Å². The Bertz CT molecular complexity index is 225. The van der Waals surface area contributed by atoms with Gasteiger partial charge in [0, 0.05) is 0 Å². The summed E-state index contributed by atoms with van der Waals surface area (Å²) in [6.45, 7) is 1.92. The van der Waals surface area contributed by atoms with E-state index in [1.165, 1.54) is 11.8 Å². The SMILES string of the molecule is CCOC(=O)N1C(=O)CSC1=S. The molecule has 1 aliphatic heterocycles. The molecule has 1 fully saturated rings. The summed E-state index contributed by atoms with van der Waals surface area (Å²) in [6, 6.07) is 0. The number of thioether (sulfide) groups is 1. The number of nitrogens with zero attached hydrogens (tertiary/aromatic N) is 1. The first-order valence-corrected chi connectivity index (χ1v) is 4.72. The van der Waals surface area contributed by atoms with Crippen LogP contribution < -0.4 is 0 Å². The van der Waals surface area contributed by atoms with Crippen molar-refractivity contribution < 1.29 is 14.3 Å². The summed E-state index contributed by atoms with van der Waals surface area (Å²) >= 11 is 5.95. The van der Waals surface area contributed by atoms with Crippen molar-refractivity contribution >= 4 is 40.3 Å². The van der Waals surface area contributed by atoms with E-state index >= 15 is 0 Å². The number of imide groups is 1. The van der Waals surface area contributed by atoms with Gasteiger partial charge in [0.25, 0.3) is 0 Å². The van der Waals surface area contributed by atoms with Crippen molar-refractivity contribution in [3.63, 3.8) is 0 Å². The third-order valence-corrected chi connectivity index (χ3v) is 2.56. The summed E-state index contributed by atoms with van der Waals surface area (Å²) in [5.41, 5.74) is 0. The molecule has 4 nitrogen and oxygen atoms in total. The molecule has 0 atom stereocenters. The van der Waals surface area contributed by atoms with Crippen LogP contribution in [0.2, 0.25) is 0 Å². The largest absolute Gasteiger partial charge is 0.449 e.